The highest BCUT2D eigenvalue weighted by Crippen LogP contribution is 2.51. The maximum absolute atomic E-state index is 16.6. The number of sulfone groups is 1. The molecule has 5 fully saturated rings. The van der Waals surface area contributed by atoms with Crippen molar-refractivity contribution in [3.8, 4) is 0 Å². The Kier molecular flexibility index (Phi) is 13.2. The average molecular weight is 857 g/mol. The van der Waals surface area contributed by atoms with E-state index >= 15 is 4.39 Å². The first-order valence-corrected chi connectivity index (χ1v) is 22.8. The number of alkyl carbamates (subject to hydrolysis) is 1. The molecule has 2 N–H and O–H groups in total. The molecule has 1 aliphatic carbocycles. The number of benzene rings is 2. The second-order valence-corrected chi connectivity index (χ2v) is 19.9. The second-order valence-electron chi connectivity index (χ2n) is 17.7. The number of carbonyl (C=O) groups excluding carboxylic acids is 3. The SMILES string of the molecule is C=CC(=O)N1CCC[C@@H](S(=O)(=O)c2ccc(N3CC(F)(CN4CCC([C@@](CNC(C)=O)(c5cccc(F)c5)[C@H]5CCC[C@@H]5NC(=O)OC)CC4)C3)cc2CN2CC(F)C2)C1. The average Bonchev–Trinajstić information content (AvgIpc) is 3.67. The standard InChI is InChI=1S/C44H59F3N6O6S/c1-4-41(55)52-17-7-10-37(25-52)60(57,58)40-14-13-36(20-31(40)22-51-23-35(46)24-51)53-28-43(47,29-53)27-50-18-15-32(16-19-50)44(26-48-30(2)54,33-8-5-9-34(45)21-33)38-11-6-12-39(38)49-42(56)59-3/h4-5,8-9,13-14,20-21,32,35,37-39H,1,6-7,10-12,15-19,22-29H2,2-3H3,(H,48,54)(H,49,56)/t37-,38+,39+,44+/m1/s1. The van der Waals surface area contributed by atoms with Crippen molar-refractivity contribution >= 4 is 33.4 Å². The number of alkyl halides is 2. The fraction of sp³-hybridized carbons (Fsp3) is 0.614. The van der Waals surface area contributed by atoms with E-state index < -0.39 is 38.4 Å². The zero-order valence-electron chi connectivity index (χ0n) is 34.7. The molecule has 16 heteroatoms. The molecule has 4 aliphatic heterocycles. The van der Waals surface area contributed by atoms with Crippen molar-refractivity contribution in [2.45, 2.75) is 91.9 Å². The minimum absolute atomic E-state index is 0.00708. The number of nitrogens with zero attached hydrogens (tertiary/aromatic N) is 4. The number of likely N-dealkylation sites (tertiary alicyclic amines) is 3. The highest BCUT2D eigenvalue weighted by molar-refractivity contribution is 7.92. The molecule has 0 spiro atoms. The van der Waals surface area contributed by atoms with Gasteiger partial charge in [-0.1, -0.05) is 25.1 Å². The predicted molar refractivity (Wildman–Crippen MR) is 222 cm³/mol. The number of rotatable bonds is 14. The monoisotopic (exact) mass is 856 g/mol. The van der Waals surface area contributed by atoms with Crippen molar-refractivity contribution in [2.75, 3.05) is 77.5 Å². The Morgan fingerprint density at radius 3 is 2.40 bits per heavy atom. The molecule has 0 aromatic heterocycles. The van der Waals surface area contributed by atoms with Gasteiger partial charge in [0.1, 0.15) is 12.0 Å². The van der Waals surface area contributed by atoms with Crippen LogP contribution >= 0.6 is 0 Å². The molecule has 4 saturated heterocycles. The van der Waals surface area contributed by atoms with Crippen molar-refractivity contribution < 1.29 is 40.7 Å². The van der Waals surface area contributed by atoms with E-state index in [1.165, 1.54) is 31.1 Å². The van der Waals surface area contributed by atoms with Crippen LogP contribution in [0, 0.1) is 17.7 Å². The Bertz CT molecular complexity index is 2020. The summed E-state index contributed by atoms with van der Waals surface area (Å²) in [7, 11) is -2.53. The fourth-order valence-corrected chi connectivity index (χ4v) is 12.8. The summed E-state index contributed by atoms with van der Waals surface area (Å²) in [6, 6.07) is 11.4. The highest BCUT2D eigenvalue weighted by atomic mass is 32.2. The van der Waals surface area contributed by atoms with E-state index in [1.807, 2.05) is 15.9 Å². The van der Waals surface area contributed by atoms with Crippen LogP contribution in [0.2, 0.25) is 0 Å². The first-order chi connectivity index (χ1) is 28.6. The molecule has 12 nitrogen and oxygen atoms in total. The normalized spacial score (nSPS) is 25.1. The summed E-state index contributed by atoms with van der Waals surface area (Å²) in [6.45, 7) is 8.12. The highest BCUT2D eigenvalue weighted by Gasteiger charge is 2.53. The lowest BCUT2D eigenvalue weighted by Gasteiger charge is -2.52. The lowest BCUT2D eigenvalue weighted by atomic mass is 9.58. The van der Waals surface area contributed by atoms with Gasteiger partial charge in [0.25, 0.3) is 0 Å². The predicted octanol–water partition coefficient (Wildman–Crippen LogP) is 4.77. The molecule has 60 heavy (non-hydrogen) atoms. The van der Waals surface area contributed by atoms with Gasteiger partial charge in [-0.2, -0.15) is 0 Å². The van der Waals surface area contributed by atoms with Gasteiger partial charge in [-0.15, -0.1) is 0 Å². The summed E-state index contributed by atoms with van der Waals surface area (Å²) in [5.41, 5.74) is -0.213. The number of hydrogen-bond donors (Lipinski definition) is 2. The fourth-order valence-electron chi connectivity index (χ4n) is 10.8. The number of piperidine rings is 2. The topological polar surface area (TPSA) is 132 Å². The molecule has 4 atom stereocenters. The number of anilines is 1. The van der Waals surface area contributed by atoms with Crippen LogP contribution in [0.25, 0.3) is 0 Å². The van der Waals surface area contributed by atoms with E-state index in [-0.39, 0.29) is 92.8 Å². The number of hydrogen-bond acceptors (Lipinski definition) is 9. The summed E-state index contributed by atoms with van der Waals surface area (Å²) in [6.07, 6.45) is 4.37. The largest absolute Gasteiger partial charge is 0.453 e. The molecule has 2 aromatic rings. The van der Waals surface area contributed by atoms with E-state index in [0.29, 0.717) is 56.6 Å². The smallest absolute Gasteiger partial charge is 0.407 e. The van der Waals surface area contributed by atoms with Crippen LogP contribution in [0.1, 0.15) is 63.0 Å². The molecular formula is C44H59F3N6O6S. The molecule has 0 radical (unpaired) electrons. The van der Waals surface area contributed by atoms with Crippen molar-refractivity contribution in [3.05, 3.63) is 72.1 Å². The van der Waals surface area contributed by atoms with Gasteiger partial charge in [0.2, 0.25) is 11.8 Å². The van der Waals surface area contributed by atoms with Gasteiger partial charge in [-0.3, -0.25) is 19.4 Å². The number of halogens is 3. The third-order valence-electron chi connectivity index (χ3n) is 13.8. The van der Waals surface area contributed by atoms with Crippen LogP contribution in [0.5, 0.6) is 0 Å². The third-order valence-corrected chi connectivity index (χ3v) is 16.0. The maximum atomic E-state index is 16.6. The molecule has 2 aromatic carbocycles. The summed E-state index contributed by atoms with van der Waals surface area (Å²) in [4.78, 5) is 44.8. The molecule has 0 bridgehead atoms. The number of amides is 3. The van der Waals surface area contributed by atoms with Gasteiger partial charge < -0.3 is 25.2 Å². The first kappa shape index (κ1) is 43.9. The zero-order valence-corrected chi connectivity index (χ0v) is 35.5. The van der Waals surface area contributed by atoms with Crippen LogP contribution in [-0.4, -0.2) is 137 Å². The Morgan fingerprint density at radius 2 is 1.73 bits per heavy atom. The summed E-state index contributed by atoms with van der Waals surface area (Å²) in [5.74, 6) is -1.00. The van der Waals surface area contributed by atoms with Gasteiger partial charge in [-0.25, -0.2) is 26.4 Å². The summed E-state index contributed by atoms with van der Waals surface area (Å²) < 4.78 is 78.6. The lowest BCUT2D eigenvalue weighted by molar-refractivity contribution is -0.126. The Hall–Kier alpha value is -4.15. The minimum Gasteiger partial charge on any atom is -0.453 e. The molecule has 5 aliphatic rings. The van der Waals surface area contributed by atoms with Gasteiger partial charge in [-0.05, 0) is 111 Å². The molecule has 0 unspecified atom stereocenters. The number of ether oxygens (including phenoxy) is 1. The maximum Gasteiger partial charge on any atom is 0.407 e. The van der Waals surface area contributed by atoms with E-state index in [2.05, 4.69) is 22.1 Å². The van der Waals surface area contributed by atoms with Gasteiger partial charge >= 0.3 is 6.09 Å². The lowest BCUT2D eigenvalue weighted by Crippen LogP contribution is -2.65. The third kappa shape index (κ3) is 9.20. The van der Waals surface area contributed by atoms with Crippen molar-refractivity contribution in [2.24, 2.45) is 11.8 Å². The van der Waals surface area contributed by atoms with Crippen molar-refractivity contribution in [1.29, 1.82) is 0 Å². The number of carbonyl (C=O) groups is 3. The van der Waals surface area contributed by atoms with E-state index in [9.17, 15) is 31.6 Å². The zero-order chi connectivity index (χ0) is 42.8. The molecule has 1 saturated carbocycles. The molecule has 4 heterocycles. The van der Waals surface area contributed by atoms with Crippen LogP contribution in [0.4, 0.5) is 23.7 Å². The first-order valence-electron chi connectivity index (χ1n) is 21.3. The summed E-state index contributed by atoms with van der Waals surface area (Å²) >= 11 is 0. The Morgan fingerprint density at radius 1 is 0.983 bits per heavy atom. The van der Waals surface area contributed by atoms with E-state index in [4.69, 9.17) is 4.74 Å². The van der Waals surface area contributed by atoms with Crippen LogP contribution in [0.15, 0.2) is 60.0 Å². The van der Waals surface area contributed by atoms with Crippen molar-refractivity contribution in [1.82, 2.24) is 25.3 Å². The molecule has 3 amide bonds. The molecular weight excluding hydrogens is 798 g/mol. The molecule has 328 valence electrons. The quantitative estimate of drug-likeness (QED) is 0.258. The van der Waals surface area contributed by atoms with E-state index in [0.717, 1.165) is 24.8 Å². The van der Waals surface area contributed by atoms with Gasteiger partial charge in [0, 0.05) is 69.9 Å². The number of nitrogens with one attached hydrogen (secondary N) is 2. The van der Waals surface area contributed by atoms with Crippen LogP contribution < -0.4 is 15.5 Å². The minimum atomic E-state index is -3.85. The van der Waals surface area contributed by atoms with E-state index in [1.54, 1.807) is 30.3 Å². The Balaban J connectivity index is 1.05. The van der Waals surface area contributed by atoms with Crippen LogP contribution in [0.3, 0.4) is 0 Å². The number of methoxy groups -OCH3 is 1. The Labute approximate surface area is 351 Å². The molecule has 7 rings (SSSR count). The van der Waals surface area contributed by atoms with Gasteiger partial charge in [0.15, 0.2) is 15.5 Å². The second kappa shape index (κ2) is 18.1. The van der Waals surface area contributed by atoms with Crippen LogP contribution in [-0.2, 0) is 36.1 Å². The van der Waals surface area contributed by atoms with Gasteiger partial charge in [0.05, 0.1) is 30.3 Å². The van der Waals surface area contributed by atoms with Crippen molar-refractivity contribution in [3.63, 3.8) is 0 Å². The summed E-state index contributed by atoms with van der Waals surface area (Å²) in [5, 5.41) is 5.30.